The smallest absolute Gasteiger partial charge is 0.428 e. The van der Waals surface area contributed by atoms with Gasteiger partial charge in [0, 0.05) is 58.2 Å². The number of pyridine rings is 2. The summed E-state index contributed by atoms with van der Waals surface area (Å²) in [5.74, 6) is -0.759. The first-order valence-electron chi connectivity index (χ1n) is 24.2. The lowest BCUT2D eigenvalue weighted by Gasteiger charge is -2.24. The SMILES string of the molecule is CC(C)OC(=O)C(C)N.CC(C)OC(=O)C(C)NP(=O)(Cc1ncc(C(F)(F)F)cc1[N+](=O)[O-])Oc1ccccc1.CC(C)OC(=O)C(C)NP(=O)(Cl)Oc1ccccc1.Cl.O=P(Cl)(Cl)Oc1ccccc1.O=c1[nH]cc(C(F)(F)F)cc1[N+](=O)[O-]. The lowest BCUT2D eigenvalue weighted by Crippen LogP contribution is -2.36. The third-order valence-corrected chi connectivity index (χ3v) is 13.5. The van der Waals surface area contributed by atoms with Crippen LogP contribution in [0.1, 0.15) is 79.1 Å². The molecule has 0 aliphatic heterocycles. The fourth-order valence-corrected chi connectivity index (χ4v) is 10.1. The molecule has 0 amide bonds. The number of aromatic amines is 1. The molecule has 0 aliphatic rings. The Balaban J connectivity index is 0.00000114. The van der Waals surface area contributed by atoms with E-state index in [0.717, 1.165) is 0 Å². The third kappa shape index (κ3) is 33.0. The first kappa shape index (κ1) is 79.7. The first-order chi connectivity index (χ1) is 39.0. The zero-order chi connectivity index (χ0) is 65.3. The maximum atomic E-state index is 13.6. The van der Waals surface area contributed by atoms with E-state index >= 15 is 0 Å². The van der Waals surface area contributed by atoms with Crippen molar-refractivity contribution in [2.75, 3.05) is 0 Å². The highest BCUT2D eigenvalue weighted by Crippen LogP contribution is 2.57. The number of ether oxygens (including phenoxy) is 3. The Morgan fingerprint density at radius 2 is 0.988 bits per heavy atom. The molecule has 24 nitrogen and oxygen atoms in total. The molecule has 2 heterocycles. The molecular formula is C49H60Cl4F6N7O17P3. The quantitative estimate of drug-likeness (QED) is 0.0140. The molecule has 5 aromatic rings. The van der Waals surface area contributed by atoms with Gasteiger partial charge in [0.15, 0.2) is 0 Å². The first-order valence-corrected chi connectivity index (χ1v) is 32.0. The van der Waals surface area contributed by atoms with Gasteiger partial charge in [-0.05, 0) is 98.7 Å². The van der Waals surface area contributed by atoms with Crippen LogP contribution >= 0.6 is 66.6 Å². The number of nitrogens with two attached hydrogens (primary N) is 1. The van der Waals surface area contributed by atoms with Crippen LogP contribution in [0.2, 0.25) is 0 Å². The Labute approximate surface area is 509 Å². The number of nitro groups is 2. The second-order valence-electron chi connectivity index (χ2n) is 17.7. The summed E-state index contributed by atoms with van der Waals surface area (Å²) >= 11 is 16.1. The van der Waals surface area contributed by atoms with E-state index in [9.17, 15) is 79.4 Å². The van der Waals surface area contributed by atoms with Gasteiger partial charge in [-0.15, -0.1) is 12.4 Å². The minimum Gasteiger partial charge on any atom is -0.462 e. The number of carbonyl (C=O) groups is 3. The number of rotatable bonds is 20. The average Bonchev–Trinajstić information content (AvgIpc) is 1.55. The maximum absolute atomic E-state index is 13.6. The topological polar surface area (TPSA) is 340 Å². The Morgan fingerprint density at radius 3 is 1.35 bits per heavy atom. The van der Waals surface area contributed by atoms with Gasteiger partial charge in [-0.3, -0.25) is 49.0 Å². The van der Waals surface area contributed by atoms with Crippen LogP contribution in [0.5, 0.6) is 17.2 Å². The molecule has 0 fully saturated rings. The van der Waals surface area contributed by atoms with Crippen molar-refractivity contribution < 1.29 is 92.0 Å². The summed E-state index contributed by atoms with van der Waals surface area (Å²) in [6.07, 6.45) is -13.7. The molecule has 2 aromatic heterocycles. The maximum Gasteiger partial charge on any atom is 0.428 e. The van der Waals surface area contributed by atoms with E-state index in [0.29, 0.717) is 30.0 Å². The highest BCUT2D eigenvalue weighted by Gasteiger charge is 2.38. The van der Waals surface area contributed by atoms with Crippen molar-refractivity contribution in [3.8, 4) is 17.2 Å². The van der Waals surface area contributed by atoms with Crippen LogP contribution < -0.4 is 35.0 Å². The predicted octanol–water partition coefficient (Wildman–Crippen LogP) is 13.7. The molecule has 5 atom stereocenters. The van der Waals surface area contributed by atoms with Gasteiger partial charge in [0.05, 0.1) is 45.4 Å². The number of halogens is 10. The van der Waals surface area contributed by atoms with Gasteiger partial charge >= 0.3 is 62.0 Å². The van der Waals surface area contributed by atoms with E-state index in [4.69, 9.17) is 62.7 Å². The number of nitrogens with one attached hydrogen (secondary N) is 3. The summed E-state index contributed by atoms with van der Waals surface area (Å²) in [6.45, 7) is 11.1. The van der Waals surface area contributed by atoms with E-state index in [1.807, 2.05) is 0 Å². The second-order valence-corrected chi connectivity index (χ2v) is 26.7. The van der Waals surface area contributed by atoms with Crippen LogP contribution in [0.4, 0.5) is 37.7 Å². The van der Waals surface area contributed by atoms with Crippen molar-refractivity contribution in [1.82, 2.24) is 20.1 Å². The van der Waals surface area contributed by atoms with E-state index < -0.39 is 119 Å². The van der Waals surface area contributed by atoms with Crippen LogP contribution in [0, 0.1) is 20.2 Å². The van der Waals surface area contributed by atoms with Gasteiger partial charge in [-0.1, -0.05) is 54.6 Å². The lowest BCUT2D eigenvalue weighted by atomic mass is 10.2. The average molecular weight is 1370 g/mol. The summed E-state index contributed by atoms with van der Waals surface area (Å²) < 4.78 is 141. The Morgan fingerprint density at radius 1 is 0.616 bits per heavy atom. The number of hydrogen-bond acceptors (Lipinski definition) is 19. The molecule has 0 aliphatic carbocycles. The fourth-order valence-electron chi connectivity index (χ4n) is 5.53. The summed E-state index contributed by atoms with van der Waals surface area (Å²) in [7, 11) is -4.14. The standard InChI is InChI=1S/C19H21F3N3O6P.C12H17ClNO4P.C6H5Cl2O2P.C6H3F3N2O3.C6H13NO2.ClH/c1-12(2)30-18(26)13(3)24-32(29,31-15-7-5-4-6-8-15)11-16-17(25(27)28)9-14(10-23-16)19(20,21)22;1-9(2)17-12(15)10(3)14-19(13,16)18-11-7-5-4-6-8-11;7-11(8,9)10-6-4-2-1-3-5-6;7-6(8,9)3-1-4(11(13)14)5(12)10-2-3;1-4(2)9-6(8)5(3)7;/h4-10,12-13H,11H2,1-3H3,(H,24,29);4-10H,1-3H3,(H,14,16);1-5H;1-2H,(H,10,12);4-5H,7H2,1-3H3;1H. The normalized spacial score (nSPS) is 13.5. The van der Waals surface area contributed by atoms with Crippen LogP contribution in [0.3, 0.4) is 0 Å². The van der Waals surface area contributed by atoms with E-state index in [2.05, 4.69) is 19.7 Å². The molecule has 5 unspecified atom stereocenters. The second kappa shape index (κ2) is 36.7. The molecule has 5 rings (SSSR count). The number of carbonyl (C=O) groups excluding carboxylic acids is 3. The molecule has 37 heteroatoms. The number of alkyl halides is 6. The Hall–Kier alpha value is -6.32. The molecule has 0 saturated heterocycles. The molecule has 0 spiro atoms. The van der Waals surface area contributed by atoms with Crippen molar-refractivity contribution in [2.45, 2.75) is 117 Å². The largest absolute Gasteiger partial charge is 0.462 e. The molecular weight excluding hydrogens is 1310 g/mol. The van der Waals surface area contributed by atoms with Crippen LogP contribution in [0.25, 0.3) is 0 Å². The third-order valence-electron chi connectivity index (χ3n) is 9.03. The number of aromatic nitrogens is 2. The van der Waals surface area contributed by atoms with Gasteiger partial charge < -0.3 is 38.5 Å². The lowest BCUT2D eigenvalue weighted by molar-refractivity contribution is -0.386. The van der Waals surface area contributed by atoms with Crippen molar-refractivity contribution in [2.24, 2.45) is 5.73 Å². The minimum absolute atomic E-state index is 0. The summed E-state index contributed by atoms with van der Waals surface area (Å²) in [4.78, 5) is 69.4. The van der Waals surface area contributed by atoms with Crippen molar-refractivity contribution in [1.29, 1.82) is 0 Å². The number of para-hydroxylation sites is 3. The predicted molar refractivity (Wildman–Crippen MR) is 310 cm³/mol. The number of nitrogens with zero attached hydrogens (tertiary/aromatic N) is 3. The number of benzene rings is 3. The number of hydrogen-bond donors (Lipinski definition) is 4. The number of esters is 3. The summed E-state index contributed by atoms with van der Waals surface area (Å²) in [6, 6.07) is 22.8. The number of H-pyrrole nitrogens is 1. The summed E-state index contributed by atoms with van der Waals surface area (Å²) in [5.41, 5.74) is -1.14. The zero-order valence-electron chi connectivity index (χ0n) is 46.7. The molecule has 5 N–H and O–H groups in total. The Bertz CT molecular complexity index is 3180. The zero-order valence-corrected chi connectivity index (χ0v) is 52.4. The monoisotopic (exact) mass is 1370 g/mol. The van der Waals surface area contributed by atoms with Gasteiger partial charge in [-0.25, -0.2) is 19.3 Å². The molecule has 86 heavy (non-hydrogen) atoms. The minimum atomic E-state index is -4.85. The van der Waals surface area contributed by atoms with Crippen molar-refractivity contribution in [3.63, 3.8) is 0 Å². The molecule has 3 aromatic carbocycles. The highest BCUT2D eigenvalue weighted by molar-refractivity contribution is 8.05. The van der Waals surface area contributed by atoms with Crippen LogP contribution in [-0.4, -0.2) is 74.2 Å². The highest BCUT2D eigenvalue weighted by atomic mass is 35.9. The van der Waals surface area contributed by atoms with Crippen molar-refractivity contribution >= 4 is 95.9 Å². The molecule has 0 radical (unpaired) electrons. The Kier molecular flexibility index (Phi) is 34.0. The molecule has 478 valence electrons. The van der Waals surface area contributed by atoms with Crippen LogP contribution in [0.15, 0.2) is 120 Å². The summed E-state index contributed by atoms with van der Waals surface area (Å²) in [5, 5.41) is 26.4. The van der Waals surface area contributed by atoms with E-state index in [1.165, 1.54) is 26.0 Å². The van der Waals surface area contributed by atoms with Gasteiger partial charge in [0.2, 0.25) is 0 Å². The van der Waals surface area contributed by atoms with E-state index in [1.54, 1.807) is 132 Å². The van der Waals surface area contributed by atoms with Gasteiger partial charge in [0.25, 0.3) is 5.69 Å². The fraction of sp³-hybridized carbons (Fsp3) is 0.367. The molecule has 0 saturated carbocycles. The van der Waals surface area contributed by atoms with Crippen molar-refractivity contribution in [3.05, 3.63) is 163 Å². The molecule has 0 bridgehead atoms. The van der Waals surface area contributed by atoms with Gasteiger partial charge in [-0.2, -0.15) is 26.3 Å². The van der Waals surface area contributed by atoms with Crippen LogP contribution in [-0.2, 0) is 60.8 Å². The van der Waals surface area contributed by atoms with E-state index in [-0.39, 0.29) is 42.4 Å². The van der Waals surface area contributed by atoms with Gasteiger partial charge in [0.1, 0.15) is 41.1 Å².